The van der Waals surface area contributed by atoms with Crippen LogP contribution in [-0.2, 0) is 0 Å². The topological polar surface area (TPSA) is 0 Å². The van der Waals surface area contributed by atoms with Crippen molar-refractivity contribution < 1.29 is 0 Å². The fourth-order valence-corrected chi connectivity index (χ4v) is 1.76. The van der Waals surface area contributed by atoms with Gasteiger partial charge in [0.2, 0.25) is 0 Å². The Hall–Kier alpha value is -0.0600. The first-order chi connectivity index (χ1) is 6.15. The molecule has 1 aromatic carbocycles. The summed E-state index contributed by atoms with van der Waals surface area (Å²) in [7, 11) is 0. The van der Waals surface area contributed by atoms with Crippen molar-refractivity contribution in [3.05, 3.63) is 32.8 Å². The molecule has 1 rings (SSSR count). The van der Waals surface area contributed by atoms with Gasteiger partial charge in [-0.25, -0.2) is 0 Å². The van der Waals surface area contributed by atoms with Gasteiger partial charge in [0.25, 0.3) is 0 Å². The largest absolute Gasteiger partial charge is 0.113 e. The molecule has 0 aliphatic rings. The molecule has 1 aromatic rings. The summed E-state index contributed by atoms with van der Waals surface area (Å²) in [6.45, 7) is 0. The van der Waals surface area contributed by atoms with E-state index in [9.17, 15) is 0 Å². The van der Waals surface area contributed by atoms with Crippen LogP contribution in [-0.4, -0.2) is 5.88 Å². The first-order valence-corrected chi connectivity index (χ1v) is 5.01. The zero-order chi connectivity index (χ0) is 9.84. The first-order valence-electron chi connectivity index (χ1n) is 3.34. The highest BCUT2D eigenvalue weighted by Crippen LogP contribution is 2.27. The third kappa shape index (κ3) is 2.97. The van der Waals surface area contributed by atoms with Crippen LogP contribution in [0.5, 0.6) is 0 Å². The van der Waals surface area contributed by atoms with Gasteiger partial charge in [0.1, 0.15) is 0 Å². The van der Waals surface area contributed by atoms with Crippen molar-refractivity contribution in [2.45, 2.75) is 0 Å². The van der Waals surface area contributed by atoms with Crippen LogP contribution < -0.4 is 0 Å². The van der Waals surface area contributed by atoms with Crippen LogP contribution in [0.1, 0.15) is 5.56 Å². The molecule has 0 unspecified atom stereocenters. The highest BCUT2D eigenvalue weighted by atomic mass is 35.5. The SMILES string of the molecule is ClCC#Cc1c(Cl)cc(Cl)cc1Cl. The fraction of sp³-hybridized carbons (Fsp3) is 0.111. The molecular formula is C9H4Cl4. The van der Waals surface area contributed by atoms with E-state index in [0.29, 0.717) is 20.6 Å². The number of benzene rings is 1. The third-order valence-corrected chi connectivity index (χ3v) is 2.24. The molecule has 13 heavy (non-hydrogen) atoms. The van der Waals surface area contributed by atoms with Gasteiger partial charge in [-0.3, -0.25) is 0 Å². The van der Waals surface area contributed by atoms with Crippen molar-refractivity contribution in [1.82, 2.24) is 0 Å². The molecular weight excluding hydrogens is 250 g/mol. The van der Waals surface area contributed by atoms with E-state index < -0.39 is 0 Å². The molecule has 0 atom stereocenters. The van der Waals surface area contributed by atoms with Gasteiger partial charge in [0, 0.05) is 5.02 Å². The van der Waals surface area contributed by atoms with Crippen LogP contribution >= 0.6 is 46.4 Å². The Balaban J connectivity index is 3.21. The number of halogens is 4. The summed E-state index contributed by atoms with van der Waals surface area (Å²) in [4.78, 5) is 0. The average Bonchev–Trinajstić information content (AvgIpc) is 2.02. The molecule has 0 N–H and O–H groups in total. The van der Waals surface area contributed by atoms with Crippen LogP contribution in [0, 0.1) is 11.8 Å². The molecule has 0 heterocycles. The maximum Gasteiger partial charge on any atom is 0.0839 e. The molecule has 4 heteroatoms. The third-order valence-electron chi connectivity index (χ3n) is 1.29. The molecule has 0 radical (unpaired) electrons. The predicted octanol–water partition coefficient (Wildman–Crippen LogP) is 4.24. The maximum absolute atomic E-state index is 5.86. The van der Waals surface area contributed by atoms with Gasteiger partial charge >= 0.3 is 0 Å². The molecule has 0 saturated heterocycles. The first kappa shape index (κ1) is 11.0. The molecule has 0 saturated carbocycles. The number of alkyl halides is 1. The second kappa shape index (κ2) is 4.98. The molecule has 0 fully saturated rings. The van der Waals surface area contributed by atoms with Crippen LogP contribution in [0.2, 0.25) is 15.1 Å². The number of hydrogen-bond donors (Lipinski definition) is 0. The average molecular weight is 254 g/mol. The molecule has 0 aromatic heterocycles. The standard InChI is InChI=1S/C9H4Cl4/c10-3-1-2-7-8(12)4-6(11)5-9(7)13/h4-5H,3H2. The monoisotopic (exact) mass is 252 g/mol. The zero-order valence-corrected chi connectivity index (χ0v) is 9.40. The summed E-state index contributed by atoms with van der Waals surface area (Å²) in [5.41, 5.74) is 0.563. The van der Waals surface area contributed by atoms with Gasteiger partial charge in [-0.15, -0.1) is 11.6 Å². The Morgan fingerprint density at radius 1 is 1.08 bits per heavy atom. The summed E-state index contributed by atoms with van der Waals surface area (Å²) < 4.78 is 0. The molecule has 68 valence electrons. The second-order valence-corrected chi connectivity index (χ2v) is 3.70. The van der Waals surface area contributed by atoms with E-state index in [2.05, 4.69) is 11.8 Å². The molecule has 0 amide bonds. The van der Waals surface area contributed by atoms with Crippen molar-refractivity contribution in [2.75, 3.05) is 5.88 Å². The highest BCUT2D eigenvalue weighted by Gasteiger charge is 2.04. The van der Waals surface area contributed by atoms with Crippen LogP contribution in [0.25, 0.3) is 0 Å². The number of hydrogen-bond acceptors (Lipinski definition) is 0. The smallest absolute Gasteiger partial charge is 0.0839 e. The van der Waals surface area contributed by atoms with E-state index in [1.54, 1.807) is 12.1 Å². The minimum Gasteiger partial charge on any atom is -0.113 e. The van der Waals surface area contributed by atoms with Gasteiger partial charge < -0.3 is 0 Å². The van der Waals surface area contributed by atoms with E-state index in [1.165, 1.54) is 0 Å². The molecule has 0 bridgehead atoms. The van der Waals surface area contributed by atoms with Crippen LogP contribution in [0.3, 0.4) is 0 Å². The van der Waals surface area contributed by atoms with Crippen molar-refractivity contribution in [2.24, 2.45) is 0 Å². The van der Waals surface area contributed by atoms with E-state index in [-0.39, 0.29) is 5.88 Å². The summed E-state index contributed by atoms with van der Waals surface area (Å²) in [5.74, 6) is 5.67. The van der Waals surface area contributed by atoms with E-state index in [1.807, 2.05) is 0 Å². The summed E-state index contributed by atoms with van der Waals surface area (Å²) >= 11 is 22.8. The second-order valence-electron chi connectivity index (χ2n) is 2.18. The van der Waals surface area contributed by atoms with Gasteiger partial charge in [-0.2, -0.15) is 0 Å². The van der Waals surface area contributed by atoms with E-state index in [0.717, 1.165) is 0 Å². The molecule has 0 aliphatic heterocycles. The minimum absolute atomic E-state index is 0.245. The Morgan fingerprint density at radius 2 is 1.62 bits per heavy atom. The quantitative estimate of drug-likeness (QED) is 0.479. The van der Waals surface area contributed by atoms with Crippen molar-refractivity contribution in [3.8, 4) is 11.8 Å². The zero-order valence-electron chi connectivity index (χ0n) is 6.37. The van der Waals surface area contributed by atoms with Crippen molar-refractivity contribution >= 4 is 46.4 Å². The summed E-state index contributed by atoms with van der Waals surface area (Å²) in [5, 5.41) is 1.37. The van der Waals surface area contributed by atoms with Crippen molar-refractivity contribution in [1.29, 1.82) is 0 Å². The normalized spacial score (nSPS) is 9.23. The Kier molecular flexibility index (Phi) is 4.22. The Labute approximate surface area is 96.7 Å². The van der Waals surface area contributed by atoms with E-state index >= 15 is 0 Å². The lowest BCUT2D eigenvalue weighted by atomic mass is 10.2. The van der Waals surface area contributed by atoms with Gasteiger partial charge in [0.15, 0.2) is 0 Å². The number of rotatable bonds is 0. The lowest BCUT2D eigenvalue weighted by Gasteiger charge is -1.99. The van der Waals surface area contributed by atoms with Crippen LogP contribution in [0.15, 0.2) is 12.1 Å². The van der Waals surface area contributed by atoms with Crippen LogP contribution in [0.4, 0.5) is 0 Å². The van der Waals surface area contributed by atoms with Gasteiger partial charge in [0.05, 0.1) is 21.5 Å². The summed E-state index contributed by atoms with van der Waals surface area (Å²) in [6.07, 6.45) is 0. The van der Waals surface area contributed by atoms with Gasteiger partial charge in [-0.05, 0) is 12.1 Å². The maximum atomic E-state index is 5.86. The van der Waals surface area contributed by atoms with Gasteiger partial charge in [-0.1, -0.05) is 46.6 Å². The molecule has 0 nitrogen and oxygen atoms in total. The van der Waals surface area contributed by atoms with Crippen molar-refractivity contribution in [3.63, 3.8) is 0 Å². The molecule has 0 aliphatic carbocycles. The minimum atomic E-state index is 0.245. The summed E-state index contributed by atoms with van der Waals surface area (Å²) in [6, 6.07) is 3.18. The van der Waals surface area contributed by atoms with E-state index in [4.69, 9.17) is 46.4 Å². The Morgan fingerprint density at radius 3 is 2.08 bits per heavy atom. The fourth-order valence-electron chi connectivity index (χ4n) is 0.783. The lowest BCUT2D eigenvalue weighted by Crippen LogP contribution is -1.80. The highest BCUT2D eigenvalue weighted by molar-refractivity contribution is 6.39. The Bertz CT molecular complexity index is 350. The molecule has 0 spiro atoms. The lowest BCUT2D eigenvalue weighted by molar-refractivity contribution is 1.63. The predicted molar refractivity (Wildman–Crippen MR) is 59.1 cm³/mol.